The van der Waals surface area contributed by atoms with Gasteiger partial charge in [0.2, 0.25) is 59.1 Å². The molecule has 378 valence electrons. The highest BCUT2D eigenvalue weighted by Crippen LogP contribution is 2.18. The van der Waals surface area contributed by atoms with Crippen molar-refractivity contribution in [3.8, 4) is 0 Å². The maximum absolute atomic E-state index is 13.4. The molecule has 0 radical (unpaired) electrons. The van der Waals surface area contributed by atoms with Crippen LogP contribution in [0.4, 0.5) is 0 Å². The Morgan fingerprint density at radius 1 is 0.672 bits per heavy atom. The monoisotopic (exact) mass is 953 g/mol. The lowest BCUT2D eigenvalue weighted by Gasteiger charge is -2.26. The van der Waals surface area contributed by atoms with E-state index in [9.17, 15) is 63.0 Å². The van der Waals surface area contributed by atoms with Crippen LogP contribution >= 0.6 is 0 Å². The van der Waals surface area contributed by atoms with Gasteiger partial charge >= 0.3 is 5.97 Å². The second-order valence-corrected chi connectivity index (χ2v) is 17.7. The second-order valence-electron chi connectivity index (χ2n) is 17.7. The number of hydrogen-bond donors (Lipinski definition) is 13. The van der Waals surface area contributed by atoms with Crippen molar-refractivity contribution in [3.05, 3.63) is 0 Å². The molecule has 2 aliphatic rings. The summed E-state index contributed by atoms with van der Waals surface area (Å²) in [5.74, 6) is -8.65. The Kier molecular flexibility index (Phi) is 24.7. The van der Waals surface area contributed by atoms with E-state index < -0.39 is 133 Å². The Balaban J connectivity index is 1.98. The van der Waals surface area contributed by atoms with Crippen LogP contribution in [-0.2, 0) is 52.7 Å². The number of carboxylic acids is 1. The first kappa shape index (κ1) is 57.2. The summed E-state index contributed by atoms with van der Waals surface area (Å²) in [5.41, 5.74) is 10.8. The van der Waals surface area contributed by atoms with Gasteiger partial charge < -0.3 is 74.4 Å². The minimum atomic E-state index is -1.35. The van der Waals surface area contributed by atoms with Gasteiger partial charge in [-0.15, -0.1) is 0 Å². The number of unbranched alkanes of at least 4 members (excludes halogenated alkanes) is 1. The number of nitrogens with two attached hydrogens (primary N) is 2. The average Bonchev–Trinajstić information content (AvgIpc) is 3.93. The minimum absolute atomic E-state index is 0.0903. The number of amides is 10. The van der Waals surface area contributed by atoms with Crippen molar-refractivity contribution in [2.24, 2.45) is 23.3 Å². The fraction of sp³-hybridized carbons (Fsp3) is 0.738. The van der Waals surface area contributed by atoms with Gasteiger partial charge in [0, 0.05) is 19.5 Å². The van der Waals surface area contributed by atoms with E-state index in [1.54, 1.807) is 27.7 Å². The standard InChI is InChI=1S/C42H72N12O13/c1-22(2)15-29(53-39(63)26(11-12-32(44)56)50-33(57)19-46-37(61)28-17-25(55)18-45-28)38(62)47-20-34(58)51-30(16-23(3)4)40(64)49-24(5)36(60)48-21-35(59)54-14-8-10-31(54)41(65)52-27(42(66)67)9-6-7-13-43/h22-31,45,55H,6-21,43H2,1-5H3,(H2,44,56)(H,46,61)(H,47,62)(H,48,60)(H,49,64)(H,50,57)(H,51,58)(H,52,65)(H,53,63)(H,66,67)/t24-,25-,26-,27-,28+,29-,30-,31-/m0/s1. The van der Waals surface area contributed by atoms with Crippen LogP contribution in [0.15, 0.2) is 0 Å². The highest BCUT2D eigenvalue weighted by atomic mass is 16.4. The predicted octanol–water partition coefficient (Wildman–Crippen LogP) is -4.94. The van der Waals surface area contributed by atoms with E-state index in [2.05, 4.69) is 47.9 Å². The first-order valence-corrected chi connectivity index (χ1v) is 22.8. The number of aliphatic hydroxyl groups excluding tert-OH is 1. The maximum atomic E-state index is 13.4. The largest absolute Gasteiger partial charge is 0.480 e. The molecule has 67 heavy (non-hydrogen) atoms. The summed E-state index contributed by atoms with van der Waals surface area (Å²) in [6.45, 7) is 7.63. The Labute approximate surface area is 389 Å². The third kappa shape index (κ3) is 21.0. The minimum Gasteiger partial charge on any atom is -0.480 e. The van der Waals surface area contributed by atoms with E-state index in [-0.39, 0.29) is 63.5 Å². The third-order valence-corrected chi connectivity index (χ3v) is 10.9. The summed E-state index contributed by atoms with van der Waals surface area (Å²) in [6.07, 6.45) is 1.14. The summed E-state index contributed by atoms with van der Waals surface area (Å²) in [4.78, 5) is 142. The number of rotatable bonds is 29. The zero-order valence-electron chi connectivity index (χ0n) is 39.1. The molecular formula is C42H72N12O13. The first-order valence-electron chi connectivity index (χ1n) is 22.8. The molecule has 0 saturated carbocycles. The lowest BCUT2D eigenvalue weighted by Crippen LogP contribution is -2.57. The summed E-state index contributed by atoms with van der Waals surface area (Å²) in [7, 11) is 0. The lowest BCUT2D eigenvalue weighted by atomic mass is 10.0. The highest BCUT2D eigenvalue weighted by molar-refractivity contribution is 5.97. The van der Waals surface area contributed by atoms with Crippen molar-refractivity contribution < 1.29 is 63.0 Å². The number of likely N-dealkylation sites (tertiary alicyclic amines) is 1. The Hall–Kier alpha value is -5.95. The van der Waals surface area contributed by atoms with Gasteiger partial charge in [0.15, 0.2) is 0 Å². The molecule has 25 heteroatoms. The van der Waals surface area contributed by atoms with Crippen LogP contribution in [0.2, 0.25) is 0 Å². The molecule has 2 heterocycles. The van der Waals surface area contributed by atoms with E-state index in [1.165, 1.54) is 11.8 Å². The fourth-order valence-corrected chi connectivity index (χ4v) is 7.38. The zero-order chi connectivity index (χ0) is 50.4. The van der Waals surface area contributed by atoms with E-state index >= 15 is 0 Å². The third-order valence-electron chi connectivity index (χ3n) is 10.9. The number of hydrogen-bond acceptors (Lipinski definition) is 14. The summed E-state index contributed by atoms with van der Waals surface area (Å²) in [6, 6.07) is -7.70. The molecule has 0 spiro atoms. The van der Waals surface area contributed by atoms with Gasteiger partial charge in [-0.05, 0) is 83.1 Å². The van der Waals surface area contributed by atoms with E-state index in [1.807, 2.05) is 0 Å². The van der Waals surface area contributed by atoms with Crippen molar-refractivity contribution in [2.75, 3.05) is 39.3 Å². The normalized spacial score (nSPS) is 18.9. The number of aliphatic hydroxyl groups is 1. The van der Waals surface area contributed by atoms with Crippen LogP contribution in [0, 0.1) is 11.8 Å². The molecule has 0 aromatic heterocycles. The van der Waals surface area contributed by atoms with Crippen LogP contribution in [0.25, 0.3) is 0 Å². The van der Waals surface area contributed by atoms with Gasteiger partial charge in [-0.1, -0.05) is 27.7 Å². The molecule has 0 bridgehead atoms. The number of carbonyl (C=O) groups is 11. The SMILES string of the molecule is CC(C)C[C@H](NC(=O)CNC(=O)[C@H](CC(C)C)NC(=O)[C@H](CCC(N)=O)NC(=O)CNC(=O)[C@H]1C[C@H](O)CN1)C(=O)N[C@@H](C)C(=O)NCC(=O)N1CCC[C@H]1C(=O)N[C@@H](CCCCN)C(=O)O. The molecule has 0 aromatic rings. The van der Waals surface area contributed by atoms with Crippen LogP contribution in [-0.4, -0.2) is 168 Å². The Morgan fingerprint density at radius 2 is 1.25 bits per heavy atom. The van der Waals surface area contributed by atoms with E-state index in [0.717, 1.165) is 0 Å². The van der Waals surface area contributed by atoms with Crippen molar-refractivity contribution in [1.82, 2.24) is 52.8 Å². The molecule has 0 aromatic carbocycles. The number of aliphatic carboxylic acids is 1. The molecule has 2 fully saturated rings. The topological polar surface area (TPSA) is 392 Å². The molecular weight excluding hydrogens is 881 g/mol. The molecule has 8 atom stereocenters. The number of β-amino-alcohol motifs (C(OH)–C–C–N with tert-alkyl or cyclic N) is 1. The van der Waals surface area contributed by atoms with Crippen LogP contribution < -0.4 is 59.3 Å². The van der Waals surface area contributed by atoms with Crippen LogP contribution in [0.1, 0.15) is 98.8 Å². The van der Waals surface area contributed by atoms with Crippen molar-refractivity contribution >= 4 is 65.0 Å². The molecule has 0 unspecified atom stereocenters. The van der Waals surface area contributed by atoms with Crippen molar-refractivity contribution in [1.29, 1.82) is 0 Å². The van der Waals surface area contributed by atoms with Crippen molar-refractivity contribution in [2.45, 2.75) is 147 Å². The van der Waals surface area contributed by atoms with E-state index in [4.69, 9.17) is 11.5 Å². The van der Waals surface area contributed by atoms with Crippen LogP contribution in [0.5, 0.6) is 0 Å². The summed E-state index contributed by atoms with van der Waals surface area (Å²) < 4.78 is 0. The predicted molar refractivity (Wildman–Crippen MR) is 239 cm³/mol. The molecule has 2 saturated heterocycles. The Bertz CT molecular complexity index is 1770. The number of carboxylic acid groups (broad SMARTS) is 1. The van der Waals surface area contributed by atoms with Gasteiger partial charge in [0.05, 0.1) is 31.8 Å². The second kappa shape index (κ2) is 28.9. The van der Waals surface area contributed by atoms with Gasteiger partial charge in [0.25, 0.3) is 0 Å². The van der Waals surface area contributed by atoms with Crippen LogP contribution in [0.3, 0.4) is 0 Å². The fourth-order valence-electron chi connectivity index (χ4n) is 7.38. The van der Waals surface area contributed by atoms with Gasteiger partial charge in [-0.25, -0.2) is 4.79 Å². The number of carbonyl (C=O) groups excluding carboxylic acids is 10. The van der Waals surface area contributed by atoms with E-state index in [0.29, 0.717) is 32.2 Å². The molecule has 2 aliphatic heterocycles. The van der Waals surface area contributed by atoms with Gasteiger partial charge in [-0.2, -0.15) is 0 Å². The Morgan fingerprint density at radius 3 is 1.82 bits per heavy atom. The average molecular weight is 953 g/mol. The molecule has 15 N–H and O–H groups in total. The smallest absolute Gasteiger partial charge is 0.326 e. The zero-order valence-corrected chi connectivity index (χ0v) is 39.1. The molecule has 10 amide bonds. The van der Waals surface area contributed by atoms with Gasteiger partial charge in [-0.3, -0.25) is 47.9 Å². The highest BCUT2D eigenvalue weighted by Gasteiger charge is 2.36. The number of nitrogens with zero attached hydrogens (tertiary/aromatic N) is 1. The van der Waals surface area contributed by atoms with Gasteiger partial charge in [0.1, 0.15) is 36.3 Å². The number of primary amides is 1. The molecule has 0 aliphatic carbocycles. The number of nitrogens with one attached hydrogen (secondary N) is 9. The summed E-state index contributed by atoms with van der Waals surface area (Å²) in [5, 5.41) is 41.9. The quantitative estimate of drug-likeness (QED) is 0.0313. The first-order chi connectivity index (χ1) is 31.5. The molecule has 25 nitrogen and oxygen atoms in total. The maximum Gasteiger partial charge on any atom is 0.326 e. The molecule has 2 rings (SSSR count). The van der Waals surface area contributed by atoms with Crippen molar-refractivity contribution in [3.63, 3.8) is 0 Å². The summed E-state index contributed by atoms with van der Waals surface area (Å²) >= 11 is 0. The lowest BCUT2D eigenvalue weighted by molar-refractivity contribution is -0.144.